The number of aliphatic hydroxyl groups excluding tert-OH is 1. The van der Waals surface area contributed by atoms with Crippen LogP contribution in [0.5, 0.6) is 0 Å². The molecule has 0 saturated heterocycles. The minimum Gasteiger partial charge on any atom is -0.391 e. The van der Waals surface area contributed by atoms with Crippen LogP contribution in [0.15, 0.2) is 0 Å². The van der Waals surface area contributed by atoms with E-state index in [-0.39, 0.29) is 0 Å². The topological polar surface area (TPSA) is 75.3 Å². The number of hydrogen-bond acceptors (Lipinski definition) is 3. The molecule has 0 aliphatic heterocycles. The van der Waals surface area contributed by atoms with Crippen molar-refractivity contribution in [2.24, 2.45) is 5.73 Å². The van der Waals surface area contributed by atoms with Gasteiger partial charge in [-0.25, -0.2) is 0 Å². The van der Waals surface area contributed by atoms with Crippen LogP contribution < -0.4 is 11.1 Å². The Bertz CT molecular complexity index is 114. The van der Waals surface area contributed by atoms with Crippen LogP contribution in [0.1, 0.15) is 13.8 Å². The van der Waals surface area contributed by atoms with Gasteiger partial charge in [0.2, 0.25) is 5.91 Å². The van der Waals surface area contributed by atoms with Gasteiger partial charge in [-0.2, -0.15) is 0 Å². The SMILES string of the molecule is CCN[C@@H](C(N)=O)[C@@H](C)O. The lowest BCUT2D eigenvalue weighted by atomic mass is 10.2. The number of aliphatic hydroxyl groups is 1. The zero-order chi connectivity index (χ0) is 8.15. The van der Waals surface area contributed by atoms with Crippen molar-refractivity contribution in [2.45, 2.75) is 26.0 Å². The van der Waals surface area contributed by atoms with Gasteiger partial charge in [0.05, 0.1) is 6.10 Å². The third-order valence-corrected chi connectivity index (χ3v) is 1.21. The molecule has 0 aliphatic rings. The van der Waals surface area contributed by atoms with Crippen molar-refractivity contribution in [3.05, 3.63) is 0 Å². The number of nitrogens with two attached hydrogens (primary N) is 1. The van der Waals surface area contributed by atoms with Crippen LogP contribution in [-0.2, 0) is 4.79 Å². The highest BCUT2D eigenvalue weighted by molar-refractivity contribution is 5.80. The lowest BCUT2D eigenvalue weighted by Crippen LogP contribution is -2.48. The number of rotatable bonds is 4. The average Bonchev–Trinajstić information content (AvgIpc) is 1.81. The highest BCUT2D eigenvalue weighted by Gasteiger charge is 2.18. The summed E-state index contributed by atoms with van der Waals surface area (Å²) in [6, 6.07) is -0.620. The molecule has 4 heteroatoms. The summed E-state index contributed by atoms with van der Waals surface area (Å²) in [6.07, 6.45) is -0.725. The summed E-state index contributed by atoms with van der Waals surface area (Å²) >= 11 is 0. The van der Waals surface area contributed by atoms with Crippen molar-refractivity contribution >= 4 is 5.91 Å². The summed E-state index contributed by atoms with van der Waals surface area (Å²) in [6.45, 7) is 3.99. The third kappa shape index (κ3) is 2.80. The second-order valence-corrected chi connectivity index (χ2v) is 2.18. The minimum atomic E-state index is -0.725. The van der Waals surface area contributed by atoms with Crippen LogP contribution in [-0.4, -0.2) is 29.7 Å². The minimum absolute atomic E-state index is 0.517. The van der Waals surface area contributed by atoms with Crippen LogP contribution in [0.2, 0.25) is 0 Å². The number of hydrogen-bond donors (Lipinski definition) is 3. The van der Waals surface area contributed by atoms with E-state index >= 15 is 0 Å². The molecule has 2 atom stereocenters. The summed E-state index contributed by atoms with van der Waals surface area (Å²) in [5.74, 6) is -0.517. The largest absolute Gasteiger partial charge is 0.391 e. The fourth-order valence-corrected chi connectivity index (χ4v) is 0.729. The lowest BCUT2D eigenvalue weighted by molar-refractivity contribution is -0.122. The van der Waals surface area contributed by atoms with Gasteiger partial charge in [-0.1, -0.05) is 6.92 Å². The second-order valence-electron chi connectivity index (χ2n) is 2.18. The fraction of sp³-hybridized carbons (Fsp3) is 0.833. The lowest BCUT2D eigenvalue weighted by Gasteiger charge is -2.16. The first kappa shape index (κ1) is 9.39. The van der Waals surface area contributed by atoms with Crippen LogP contribution in [0.4, 0.5) is 0 Å². The summed E-state index contributed by atoms with van der Waals surface area (Å²) in [5, 5.41) is 11.7. The van der Waals surface area contributed by atoms with E-state index in [2.05, 4.69) is 5.32 Å². The van der Waals surface area contributed by atoms with Gasteiger partial charge < -0.3 is 16.2 Å². The van der Waals surface area contributed by atoms with Gasteiger partial charge in [-0.3, -0.25) is 4.79 Å². The van der Waals surface area contributed by atoms with E-state index in [1.807, 2.05) is 6.92 Å². The van der Waals surface area contributed by atoms with Gasteiger partial charge >= 0.3 is 0 Å². The van der Waals surface area contributed by atoms with Gasteiger partial charge in [-0.05, 0) is 13.5 Å². The molecule has 0 spiro atoms. The molecule has 0 aromatic carbocycles. The van der Waals surface area contributed by atoms with Gasteiger partial charge in [0, 0.05) is 0 Å². The monoisotopic (exact) mass is 146 g/mol. The van der Waals surface area contributed by atoms with Crippen molar-refractivity contribution in [2.75, 3.05) is 6.54 Å². The standard InChI is InChI=1S/C6H14N2O2/c1-3-8-5(4(2)9)6(7)10/h4-5,8-9H,3H2,1-2H3,(H2,7,10)/t4-,5-/m1/s1. The number of likely N-dealkylation sites (N-methyl/N-ethyl adjacent to an activating group) is 1. The maximum atomic E-state index is 10.5. The predicted molar refractivity (Wildman–Crippen MR) is 38.3 cm³/mol. The van der Waals surface area contributed by atoms with Gasteiger partial charge in [0.1, 0.15) is 6.04 Å². The highest BCUT2D eigenvalue weighted by Crippen LogP contribution is 1.89. The molecule has 60 valence electrons. The molecule has 1 amide bonds. The molecule has 0 aromatic heterocycles. The van der Waals surface area contributed by atoms with Crippen LogP contribution in [0.3, 0.4) is 0 Å². The molecule has 0 saturated carbocycles. The number of primary amides is 1. The Morgan fingerprint density at radius 3 is 2.40 bits per heavy atom. The second kappa shape index (κ2) is 4.24. The molecular weight excluding hydrogens is 132 g/mol. The number of amides is 1. The molecule has 0 heterocycles. The number of nitrogens with one attached hydrogen (secondary N) is 1. The maximum absolute atomic E-state index is 10.5. The zero-order valence-corrected chi connectivity index (χ0v) is 6.29. The predicted octanol–water partition coefficient (Wildman–Crippen LogP) is -1.17. The van der Waals surface area contributed by atoms with Gasteiger partial charge in [0.15, 0.2) is 0 Å². The van der Waals surface area contributed by atoms with E-state index in [0.717, 1.165) is 0 Å². The fourth-order valence-electron chi connectivity index (χ4n) is 0.729. The van der Waals surface area contributed by atoms with Crippen molar-refractivity contribution < 1.29 is 9.90 Å². The maximum Gasteiger partial charge on any atom is 0.237 e. The first-order chi connectivity index (χ1) is 4.59. The highest BCUT2D eigenvalue weighted by atomic mass is 16.3. The number of carbonyl (C=O) groups is 1. The molecule has 0 bridgehead atoms. The third-order valence-electron chi connectivity index (χ3n) is 1.21. The summed E-state index contributed by atoms with van der Waals surface area (Å²) in [7, 11) is 0. The summed E-state index contributed by atoms with van der Waals surface area (Å²) in [5.41, 5.74) is 4.96. The average molecular weight is 146 g/mol. The van der Waals surface area contributed by atoms with E-state index in [1.165, 1.54) is 6.92 Å². The van der Waals surface area contributed by atoms with Gasteiger partial charge in [-0.15, -0.1) is 0 Å². The van der Waals surface area contributed by atoms with Crippen LogP contribution >= 0.6 is 0 Å². The molecule has 0 radical (unpaired) electrons. The molecule has 4 nitrogen and oxygen atoms in total. The summed E-state index contributed by atoms with van der Waals surface area (Å²) in [4.78, 5) is 10.5. The van der Waals surface area contributed by atoms with Crippen LogP contribution in [0, 0.1) is 0 Å². The molecule has 0 fully saturated rings. The van der Waals surface area contributed by atoms with E-state index < -0.39 is 18.1 Å². The Morgan fingerprint density at radius 2 is 2.30 bits per heavy atom. The Balaban J connectivity index is 3.85. The Labute approximate surface area is 60.4 Å². The molecule has 0 aromatic rings. The zero-order valence-electron chi connectivity index (χ0n) is 6.29. The van der Waals surface area contributed by atoms with Crippen molar-refractivity contribution in [3.8, 4) is 0 Å². The van der Waals surface area contributed by atoms with E-state index in [9.17, 15) is 4.79 Å². The first-order valence-corrected chi connectivity index (χ1v) is 3.30. The molecule has 0 rings (SSSR count). The van der Waals surface area contributed by atoms with Crippen LogP contribution in [0.25, 0.3) is 0 Å². The summed E-state index contributed by atoms with van der Waals surface area (Å²) < 4.78 is 0. The van der Waals surface area contributed by atoms with Crippen molar-refractivity contribution in [1.29, 1.82) is 0 Å². The molecule has 10 heavy (non-hydrogen) atoms. The molecular formula is C6H14N2O2. The van der Waals surface area contributed by atoms with Gasteiger partial charge in [0.25, 0.3) is 0 Å². The van der Waals surface area contributed by atoms with Crippen molar-refractivity contribution in [1.82, 2.24) is 5.32 Å². The van der Waals surface area contributed by atoms with Crippen molar-refractivity contribution in [3.63, 3.8) is 0 Å². The molecule has 0 aliphatic carbocycles. The van der Waals surface area contributed by atoms with E-state index in [4.69, 9.17) is 10.8 Å². The number of carbonyl (C=O) groups excluding carboxylic acids is 1. The Morgan fingerprint density at radius 1 is 1.80 bits per heavy atom. The quantitative estimate of drug-likeness (QED) is 0.468. The molecule has 4 N–H and O–H groups in total. The van der Waals surface area contributed by atoms with E-state index in [1.54, 1.807) is 0 Å². The normalized spacial score (nSPS) is 16.3. The first-order valence-electron chi connectivity index (χ1n) is 3.30. The Hall–Kier alpha value is -0.610. The molecule has 0 unspecified atom stereocenters. The van der Waals surface area contributed by atoms with E-state index in [0.29, 0.717) is 6.54 Å². The smallest absolute Gasteiger partial charge is 0.237 e. The Kier molecular flexibility index (Phi) is 3.99.